The highest BCUT2D eigenvalue weighted by atomic mass is 16.5. The van der Waals surface area contributed by atoms with Gasteiger partial charge in [-0.15, -0.1) is 0 Å². The van der Waals surface area contributed by atoms with Gasteiger partial charge in [0.1, 0.15) is 5.92 Å². The molecule has 1 aliphatic carbocycles. The second-order valence-corrected chi connectivity index (χ2v) is 5.25. The Morgan fingerprint density at radius 3 is 2.71 bits per heavy atom. The van der Waals surface area contributed by atoms with E-state index in [0.717, 1.165) is 0 Å². The summed E-state index contributed by atoms with van der Waals surface area (Å²) >= 11 is 0. The number of hydrogen-bond acceptors (Lipinski definition) is 6. The largest absolute Gasteiger partial charge is 0.465 e. The molecular formula is C15H15NO5. The van der Waals surface area contributed by atoms with Crippen molar-refractivity contribution in [2.75, 3.05) is 6.61 Å². The number of aliphatic hydroxyl groups is 2. The molecule has 6 nitrogen and oxygen atoms in total. The fraction of sp³-hybridized carbons (Fsp3) is 0.400. The number of Topliss-reactive ketones (excluding diaryl/α,β-unsaturated/α-hetero) is 1. The van der Waals surface area contributed by atoms with E-state index in [9.17, 15) is 19.8 Å². The molecule has 3 rings (SSSR count). The van der Waals surface area contributed by atoms with Crippen molar-refractivity contribution in [2.45, 2.75) is 25.2 Å². The van der Waals surface area contributed by atoms with E-state index in [1.54, 1.807) is 19.1 Å². The molecule has 0 saturated heterocycles. The number of fused-ring (bicyclic) bond motifs is 3. The molecule has 6 heteroatoms. The number of nitrogens with zero attached hydrogens (tertiary/aromatic N) is 1. The molecule has 0 aromatic heterocycles. The molecule has 21 heavy (non-hydrogen) atoms. The summed E-state index contributed by atoms with van der Waals surface area (Å²) in [4.78, 5) is 28.7. The van der Waals surface area contributed by atoms with Crippen molar-refractivity contribution < 1.29 is 24.5 Å². The zero-order chi connectivity index (χ0) is 15.4. The van der Waals surface area contributed by atoms with Crippen LogP contribution in [0.5, 0.6) is 0 Å². The van der Waals surface area contributed by atoms with Crippen LogP contribution in [-0.2, 0) is 15.3 Å². The highest BCUT2D eigenvalue weighted by molar-refractivity contribution is 6.18. The van der Waals surface area contributed by atoms with Crippen LogP contribution in [0.4, 0.5) is 0 Å². The molecule has 1 heterocycles. The first-order chi connectivity index (χ1) is 9.88. The molecule has 1 aromatic rings. The van der Waals surface area contributed by atoms with Gasteiger partial charge in [0, 0.05) is 16.8 Å². The summed E-state index contributed by atoms with van der Waals surface area (Å²) in [5, 5.41) is 21.7. The average Bonchev–Trinajstić information content (AvgIpc) is 2.75. The summed E-state index contributed by atoms with van der Waals surface area (Å²) in [5.74, 6) is -2.78. The zero-order valence-electron chi connectivity index (χ0n) is 11.7. The van der Waals surface area contributed by atoms with Gasteiger partial charge in [-0.1, -0.05) is 24.3 Å². The number of ketones is 1. The normalized spacial score (nSPS) is 33.4. The van der Waals surface area contributed by atoms with E-state index in [1.165, 1.54) is 19.1 Å². The third kappa shape index (κ3) is 1.46. The molecule has 1 aliphatic heterocycles. The summed E-state index contributed by atoms with van der Waals surface area (Å²) in [6.45, 7) is 3.23. The van der Waals surface area contributed by atoms with Gasteiger partial charge in [0.05, 0.1) is 6.61 Å². The second kappa shape index (κ2) is 4.22. The number of rotatable bonds is 2. The number of ether oxygens (including phenoxy) is 1. The number of hydrogen-bond donors (Lipinski definition) is 2. The van der Waals surface area contributed by atoms with Crippen molar-refractivity contribution >= 4 is 17.5 Å². The zero-order valence-corrected chi connectivity index (χ0v) is 11.7. The standard InChI is InChI=1S/C15H15NO5/c1-3-21-13(18)11-8(2)16-15(20)10-7-5-4-6-9(10)12(17)14(11,15)19/h4-7,11,19-20H,3H2,1-2H3/t11-,14-,15+/m0/s1. The molecule has 0 spiro atoms. The van der Waals surface area contributed by atoms with Gasteiger partial charge < -0.3 is 14.9 Å². The monoisotopic (exact) mass is 289 g/mol. The van der Waals surface area contributed by atoms with Crippen molar-refractivity contribution in [1.82, 2.24) is 0 Å². The molecule has 0 radical (unpaired) electrons. The fourth-order valence-electron chi connectivity index (χ4n) is 3.22. The molecule has 0 saturated carbocycles. The van der Waals surface area contributed by atoms with Crippen molar-refractivity contribution in [3.05, 3.63) is 35.4 Å². The average molecular weight is 289 g/mol. The minimum absolute atomic E-state index is 0.109. The Labute approximate surface area is 121 Å². The van der Waals surface area contributed by atoms with Crippen molar-refractivity contribution in [3.63, 3.8) is 0 Å². The molecule has 0 bridgehead atoms. The predicted molar refractivity (Wildman–Crippen MR) is 72.9 cm³/mol. The fourth-order valence-corrected chi connectivity index (χ4v) is 3.22. The summed E-state index contributed by atoms with van der Waals surface area (Å²) in [6.07, 6.45) is 0. The molecule has 2 aliphatic rings. The van der Waals surface area contributed by atoms with Crippen LogP contribution in [0.1, 0.15) is 29.8 Å². The first kappa shape index (κ1) is 13.9. The quantitative estimate of drug-likeness (QED) is 0.769. The molecule has 1 aromatic carbocycles. The highest BCUT2D eigenvalue weighted by Crippen LogP contribution is 2.53. The van der Waals surface area contributed by atoms with Crippen LogP contribution in [-0.4, -0.2) is 39.9 Å². The van der Waals surface area contributed by atoms with Crippen molar-refractivity contribution in [3.8, 4) is 0 Å². The summed E-state index contributed by atoms with van der Waals surface area (Å²) in [6, 6.07) is 6.29. The first-order valence-corrected chi connectivity index (χ1v) is 6.70. The van der Waals surface area contributed by atoms with Gasteiger partial charge in [-0.25, -0.2) is 0 Å². The molecule has 2 N–H and O–H groups in total. The molecule has 0 fully saturated rings. The van der Waals surface area contributed by atoms with E-state index in [-0.39, 0.29) is 23.4 Å². The van der Waals surface area contributed by atoms with Gasteiger partial charge >= 0.3 is 5.97 Å². The van der Waals surface area contributed by atoms with E-state index in [1.807, 2.05) is 0 Å². The smallest absolute Gasteiger partial charge is 0.318 e. The summed E-state index contributed by atoms with van der Waals surface area (Å²) in [5.41, 5.74) is -3.91. The lowest BCUT2D eigenvalue weighted by Gasteiger charge is -2.31. The number of aliphatic imine (C=N–C) groups is 1. The van der Waals surface area contributed by atoms with Gasteiger partial charge in [0.25, 0.3) is 0 Å². The van der Waals surface area contributed by atoms with Gasteiger partial charge in [0.15, 0.2) is 5.60 Å². The third-order valence-electron chi connectivity index (χ3n) is 4.12. The Bertz CT molecular complexity index is 682. The van der Waals surface area contributed by atoms with Crippen LogP contribution in [0.2, 0.25) is 0 Å². The van der Waals surface area contributed by atoms with Crippen LogP contribution in [0.15, 0.2) is 29.3 Å². The summed E-state index contributed by atoms with van der Waals surface area (Å²) < 4.78 is 4.92. The lowest BCUT2D eigenvalue weighted by molar-refractivity contribution is -0.164. The maximum absolute atomic E-state index is 12.6. The molecular weight excluding hydrogens is 274 g/mol. The molecule has 0 amide bonds. The molecule has 0 unspecified atom stereocenters. The predicted octanol–water partition coefficient (Wildman–Crippen LogP) is 0.413. The van der Waals surface area contributed by atoms with Crippen molar-refractivity contribution in [1.29, 1.82) is 0 Å². The topological polar surface area (TPSA) is 96.2 Å². The molecule has 3 atom stereocenters. The van der Waals surface area contributed by atoms with Gasteiger partial charge in [-0.2, -0.15) is 0 Å². The van der Waals surface area contributed by atoms with Crippen molar-refractivity contribution in [2.24, 2.45) is 10.9 Å². The lowest BCUT2D eigenvalue weighted by Crippen LogP contribution is -2.56. The Hall–Kier alpha value is -2.05. The van der Waals surface area contributed by atoms with Gasteiger partial charge in [-0.05, 0) is 13.8 Å². The van der Waals surface area contributed by atoms with Gasteiger partial charge in [-0.3, -0.25) is 14.6 Å². The maximum Gasteiger partial charge on any atom is 0.318 e. The van der Waals surface area contributed by atoms with E-state index >= 15 is 0 Å². The lowest BCUT2D eigenvalue weighted by atomic mass is 9.79. The van der Waals surface area contributed by atoms with E-state index in [4.69, 9.17) is 4.74 Å². The number of esters is 1. The van der Waals surface area contributed by atoms with Crippen LogP contribution >= 0.6 is 0 Å². The van der Waals surface area contributed by atoms with E-state index in [2.05, 4.69) is 4.99 Å². The van der Waals surface area contributed by atoms with E-state index < -0.39 is 29.0 Å². The minimum atomic E-state index is -2.34. The Kier molecular flexibility index (Phi) is 2.80. The Morgan fingerprint density at radius 2 is 2.05 bits per heavy atom. The molecule has 110 valence electrons. The number of carbonyl (C=O) groups is 2. The highest BCUT2D eigenvalue weighted by Gasteiger charge is 2.72. The third-order valence-corrected chi connectivity index (χ3v) is 4.12. The SMILES string of the molecule is CCOC(=O)[C@@H]1C(C)=N[C@@]2(O)c3ccccc3C(=O)[C@@]12O. The Morgan fingerprint density at radius 1 is 1.38 bits per heavy atom. The van der Waals surface area contributed by atoms with Gasteiger partial charge in [0.2, 0.25) is 11.5 Å². The van der Waals surface area contributed by atoms with Crippen LogP contribution in [0.3, 0.4) is 0 Å². The van der Waals surface area contributed by atoms with Crippen LogP contribution in [0, 0.1) is 5.92 Å². The number of carbonyl (C=O) groups excluding carboxylic acids is 2. The van der Waals surface area contributed by atoms with E-state index in [0.29, 0.717) is 0 Å². The second-order valence-electron chi connectivity index (χ2n) is 5.25. The Balaban J connectivity index is 2.20. The first-order valence-electron chi connectivity index (χ1n) is 6.70. The summed E-state index contributed by atoms with van der Waals surface area (Å²) in [7, 11) is 0. The number of benzene rings is 1. The van der Waals surface area contributed by atoms with Crippen LogP contribution in [0.25, 0.3) is 0 Å². The maximum atomic E-state index is 12.6. The minimum Gasteiger partial charge on any atom is -0.465 e. The van der Waals surface area contributed by atoms with Crippen LogP contribution < -0.4 is 0 Å².